The van der Waals surface area contributed by atoms with E-state index in [1.54, 1.807) is 0 Å². The fourth-order valence-electron chi connectivity index (χ4n) is 2.44. The van der Waals surface area contributed by atoms with Gasteiger partial charge in [-0.25, -0.2) is 0 Å². The highest BCUT2D eigenvalue weighted by Crippen LogP contribution is 2.33. The second-order valence-electron chi connectivity index (χ2n) is 4.10. The molecule has 2 atom stereocenters. The molecule has 0 aromatic heterocycles. The van der Waals surface area contributed by atoms with E-state index in [0.29, 0.717) is 0 Å². The highest BCUT2D eigenvalue weighted by Gasteiger charge is 2.19. The molecule has 66 valence electrons. The van der Waals surface area contributed by atoms with Crippen molar-refractivity contribution in [2.45, 2.75) is 58.8 Å². The third-order valence-corrected chi connectivity index (χ3v) is 3.17. The van der Waals surface area contributed by atoms with Crippen LogP contribution < -0.4 is 0 Å². The lowest BCUT2D eigenvalue weighted by atomic mass is 9.78. The van der Waals surface area contributed by atoms with E-state index in [0.717, 1.165) is 11.8 Å². The van der Waals surface area contributed by atoms with E-state index in [1.807, 2.05) is 0 Å². The molecule has 2 unspecified atom stereocenters. The molecule has 0 nitrogen and oxygen atoms in total. The van der Waals surface area contributed by atoms with Gasteiger partial charge in [0, 0.05) is 0 Å². The predicted octanol–water partition coefficient (Wildman–Crippen LogP) is 4.00. The number of hydrogen-bond acceptors (Lipinski definition) is 0. The van der Waals surface area contributed by atoms with Crippen molar-refractivity contribution in [3.05, 3.63) is 0 Å². The topological polar surface area (TPSA) is 0 Å². The first kappa shape index (κ1) is 9.09. The standard InChI is InChI=1S/C11H22/c1-3-6-11-8-5-7-10(4-2)9-11/h10-11H,3-9H2,1-2H3. The molecule has 0 spiro atoms. The lowest BCUT2D eigenvalue weighted by Crippen LogP contribution is -2.14. The Bertz CT molecular complexity index is 94.2. The van der Waals surface area contributed by atoms with Gasteiger partial charge in [0.25, 0.3) is 0 Å². The van der Waals surface area contributed by atoms with E-state index in [2.05, 4.69) is 13.8 Å². The van der Waals surface area contributed by atoms with Crippen molar-refractivity contribution in [3.8, 4) is 0 Å². The summed E-state index contributed by atoms with van der Waals surface area (Å²) in [5, 5.41) is 0. The average Bonchev–Trinajstić information content (AvgIpc) is 2.06. The molecule has 0 bridgehead atoms. The van der Waals surface area contributed by atoms with E-state index < -0.39 is 0 Å². The molecule has 1 aliphatic rings. The van der Waals surface area contributed by atoms with Crippen LogP contribution in [0.3, 0.4) is 0 Å². The molecule has 0 N–H and O–H groups in total. The Morgan fingerprint density at radius 3 is 2.45 bits per heavy atom. The lowest BCUT2D eigenvalue weighted by Gasteiger charge is -2.28. The van der Waals surface area contributed by atoms with Crippen LogP contribution in [-0.4, -0.2) is 0 Å². The summed E-state index contributed by atoms with van der Waals surface area (Å²) in [7, 11) is 0. The van der Waals surface area contributed by atoms with Crippen molar-refractivity contribution < 1.29 is 0 Å². The quantitative estimate of drug-likeness (QED) is 0.576. The van der Waals surface area contributed by atoms with Gasteiger partial charge < -0.3 is 0 Å². The van der Waals surface area contributed by atoms with Gasteiger partial charge in [0.05, 0.1) is 0 Å². The molecular weight excluding hydrogens is 132 g/mol. The summed E-state index contributed by atoms with van der Waals surface area (Å²) < 4.78 is 0. The van der Waals surface area contributed by atoms with Crippen molar-refractivity contribution in [2.75, 3.05) is 0 Å². The minimum absolute atomic E-state index is 1.07. The van der Waals surface area contributed by atoms with E-state index in [-0.39, 0.29) is 0 Å². The van der Waals surface area contributed by atoms with Gasteiger partial charge in [-0.1, -0.05) is 52.4 Å². The fourth-order valence-corrected chi connectivity index (χ4v) is 2.44. The highest BCUT2D eigenvalue weighted by molar-refractivity contribution is 4.71. The Kier molecular flexibility index (Phi) is 3.96. The number of hydrogen-bond donors (Lipinski definition) is 0. The van der Waals surface area contributed by atoms with Crippen LogP contribution in [0.2, 0.25) is 0 Å². The van der Waals surface area contributed by atoms with Crippen molar-refractivity contribution in [1.82, 2.24) is 0 Å². The summed E-state index contributed by atoms with van der Waals surface area (Å²) in [6.07, 6.45) is 10.4. The van der Waals surface area contributed by atoms with Gasteiger partial charge in [-0.2, -0.15) is 0 Å². The Labute approximate surface area is 71.4 Å². The zero-order valence-corrected chi connectivity index (χ0v) is 8.10. The summed E-state index contributed by atoms with van der Waals surface area (Å²) in [6, 6.07) is 0. The van der Waals surface area contributed by atoms with Gasteiger partial charge in [0.15, 0.2) is 0 Å². The molecule has 0 heteroatoms. The van der Waals surface area contributed by atoms with Crippen LogP contribution in [0.1, 0.15) is 58.8 Å². The van der Waals surface area contributed by atoms with Gasteiger partial charge in [0.2, 0.25) is 0 Å². The van der Waals surface area contributed by atoms with Gasteiger partial charge >= 0.3 is 0 Å². The summed E-state index contributed by atoms with van der Waals surface area (Å²) in [5.41, 5.74) is 0. The van der Waals surface area contributed by atoms with Crippen molar-refractivity contribution in [1.29, 1.82) is 0 Å². The maximum Gasteiger partial charge on any atom is -0.0412 e. The van der Waals surface area contributed by atoms with Gasteiger partial charge in [0.1, 0.15) is 0 Å². The average molecular weight is 154 g/mol. The van der Waals surface area contributed by atoms with E-state index in [9.17, 15) is 0 Å². The second-order valence-corrected chi connectivity index (χ2v) is 4.10. The zero-order chi connectivity index (χ0) is 8.10. The second kappa shape index (κ2) is 4.79. The summed E-state index contributed by atoms with van der Waals surface area (Å²) in [6.45, 7) is 4.66. The molecule has 0 aromatic carbocycles. The predicted molar refractivity (Wildman–Crippen MR) is 50.6 cm³/mol. The smallest absolute Gasteiger partial charge is 0.0412 e. The maximum absolute atomic E-state index is 2.35. The molecule has 0 radical (unpaired) electrons. The van der Waals surface area contributed by atoms with Crippen molar-refractivity contribution in [2.24, 2.45) is 11.8 Å². The van der Waals surface area contributed by atoms with Crippen LogP contribution in [0.15, 0.2) is 0 Å². The van der Waals surface area contributed by atoms with Crippen LogP contribution in [-0.2, 0) is 0 Å². The third-order valence-electron chi connectivity index (χ3n) is 3.17. The number of rotatable bonds is 3. The largest absolute Gasteiger partial charge is 0.0654 e. The van der Waals surface area contributed by atoms with E-state index in [1.165, 1.54) is 44.9 Å². The molecule has 1 saturated carbocycles. The Morgan fingerprint density at radius 1 is 1.09 bits per heavy atom. The van der Waals surface area contributed by atoms with Crippen LogP contribution in [0.25, 0.3) is 0 Å². The molecule has 0 amide bonds. The van der Waals surface area contributed by atoms with E-state index in [4.69, 9.17) is 0 Å². The van der Waals surface area contributed by atoms with Crippen LogP contribution >= 0.6 is 0 Å². The summed E-state index contributed by atoms with van der Waals surface area (Å²) in [5.74, 6) is 2.15. The first-order valence-corrected chi connectivity index (χ1v) is 5.36. The Balaban J connectivity index is 2.21. The molecular formula is C11H22. The molecule has 0 heterocycles. The molecule has 0 aromatic rings. The fraction of sp³-hybridized carbons (Fsp3) is 1.00. The molecule has 0 saturated heterocycles. The van der Waals surface area contributed by atoms with Crippen molar-refractivity contribution >= 4 is 0 Å². The van der Waals surface area contributed by atoms with Crippen molar-refractivity contribution in [3.63, 3.8) is 0 Å². The maximum atomic E-state index is 2.35. The summed E-state index contributed by atoms with van der Waals surface area (Å²) >= 11 is 0. The summed E-state index contributed by atoms with van der Waals surface area (Å²) in [4.78, 5) is 0. The van der Waals surface area contributed by atoms with Gasteiger partial charge in [-0.15, -0.1) is 0 Å². The molecule has 11 heavy (non-hydrogen) atoms. The monoisotopic (exact) mass is 154 g/mol. The zero-order valence-electron chi connectivity index (χ0n) is 8.10. The molecule has 0 aliphatic heterocycles. The minimum atomic E-state index is 1.07. The first-order valence-electron chi connectivity index (χ1n) is 5.36. The molecule has 1 aliphatic carbocycles. The van der Waals surface area contributed by atoms with Crippen LogP contribution in [0, 0.1) is 11.8 Å². The normalized spacial score (nSPS) is 32.2. The third kappa shape index (κ3) is 2.84. The van der Waals surface area contributed by atoms with Crippen LogP contribution in [0.4, 0.5) is 0 Å². The van der Waals surface area contributed by atoms with Crippen LogP contribution in [0.5, 0.6) is 0 Å². The van der Waals surface area contributed by atoms with E-state index >= 15 is 0 Å². The molecule has 1 fully saturated rings. The first-order chi connectivity index (χ1) is 5.36. The SMILES string of the molecule is CCCC1CCCC(CC)C1. The lowest BCUT2D eigenvalue weighted by molar-refractivity contribution is 0.248. The molecule has 1 rings (SSSR count). The van der Waals surface area contributed by atoms with Gasteiger partial charge in [-0.05, 0) is 18.3 Å². The Hall–Kier alpha value is 0. The minimum Gasteiger partial charge on any atom is -0.0654 e. The Morgan fingerprint density at radius 2 is 1.82 bits per heavy atom. The van der Waals surface area contributed by atoms with Gasteiger partial charge in [-0.3, -0.25) is 0 Å². The highest BCUT2D eigenvalue weighted by atomic mass is 14.2.